The van der Waals surface area contributed by atoms with E-state index in [1.807, 2.05) is 24.3 Å². The maximum atomic E-state index is 12.9. The van der Waals surface area contributed by atoms with E-state index in [-0.39, 0.29) is 5.91 Å². The van der Waals surface area contributed by atoms with Crippen molar-refractivity contribution in [1.29, 1.82) is 0 Å². The van der Waals surface area contributed by atoms with Crippen molar-refractivity contribution >= 4 is 40.3 Å². The molecule has 0 unspecified atom stereocenters. The number of H-pyrrole nitrogens is 1. The summed E-state index contributed by atoms with van der Waals surface area (Å²) in [7, 11) is 0. The van der Waals surface area contributed by atoms with Crippen LogP contribution in [-0.2, 0) is 11.2 Å². The Morgan fingerprint density at radius 3 is 2.61 bits per heavy atom. The Hall–Kier alpha value is -2.68. The van der Waals surface area contributed by atoms with E-state index in [4.69, 9.17) is 9.97 Å². The van der Waals surface area contributed by atoms with Gasteiger partial charge in [0.25, 0.3) is 0 Å². The van der Waals surface area contributed by atoms with Crippen LogP contribution >= 0.6 is 11.8 Å². The van der Waals surface area contributed by atoms with Crippen molar-refractivity contribution in [3.8, 4) is 0 Å². The van der Waals surface area contributed by atoms with Gasteiger partial charge in [0.15, 0.2) is 11.6 Å². The molecule has 9 heteroatoms. The summed E-state index contributed by atoms with van der Waals surface area (Å²) in [6, 6.07) is 7.90. The van der Waals surface area contributed by atoms with Crippen LogP contribution in [0.3, 0.4) is 0 Å². The molecular formula is C19H21N7OS. The van der Waals surface area contributed by atoms with Crippen molar-refractivity contribution in [2.24, 2.45) is 0 Å². The lowest BCUT2D eigenvalue weighted by atomic mass is 10.1. The van der Waals surface area contributed by atoms with Crippen LogP contribution in [0.1, 0.15) is 25.0 Å². The molecule has 4 heterocycles. The summed E-state index contributed by atoms with van der Waals surface area (Å²) < 4.78 is 0. The molecule has 0 saturated carbocycles. The summed E-state index contributed by atoms with van der Waals surface area (Å²) in [4.78, 5) is 26.6. The van der Waals surface area contributed by atoms with Crippen LogP contribution in [0, 0.1) is 0 Å². The lowest BCUT2D eigenvalue weighted by Crippen LogP contribution is -2.37. The first kappa shape index (κ1) is 17.4. The van der Waals surface area contributed by atoms with E-state index in [1.54, 1.807) is 4.90 Å². The number of nitrogens with zero attached hydrogens (tertiary/aromatic N) is 6. The SMILES string of the molecule is O=C(CSc1nc2ccccc2nc1N1CCCC1)N1CCCc2n[nH]nc21. The van der Waals surface area contributed by atoms with Gasteiger partial charge in [0.1, 0.15) is 10.7 Å². The minimum atomic E-state index is 0.0298. The van der Waals surface area contributed by atoms with Gasteiger partial charge in [-0.3, -0.25) is 9.69 Å². The van der Waals surface area contributed by atoms with Gasteiger partial charge < -0.3 is 4.90 Å². The smallest absolute Gasteiger partial charge is 0.238 e. The lowest BCUT2D eigenvalue weighted by Gasteiger charge is -2.24. The van der Waals surface area contributed by atoms with Crippen LogP contribution in [0.2, 0.25) is 0 Å². The van der Waals surface area contributed by atoms with Gasteiger partial charge in [-0.05, 0) is 37.8 Å². The van der Waals surface area contributed by atoms with Crippen LogP contribution in [0.15, 0.2) is 29.3 Å². The number of benzene rings is 1. The summed E-state index contributed by atoms with van der Waals surface area (Å²) >= 11 is 1.46. The summed E-state index contributed by atoms with van der Waals surface area (Å²) in [5.74, 6) is 1.90. The highest BCUT2D eigenvalue weighted by Gasteiger charge is 2.27. The molecule has 1 saturated heterocycles. The number of aromatic amines is 1. The number of fused-ring (bicyclic) bond motifs is 2. The van der Waals surface area contributed by atoms with Gasteiger partial charge in [0.2, 0.25) is 5.91 Å². The number of rotatable bonds is 4. The molecule has 2 aliphatic rings. The summed E-state index contributed by atoms with van der Waals surface area (Å²) in [6.07, 6.45) is 4.10. The molecule has 0 spiro atoms. The number of hydrogen-bond acceptors (Lipinski definition) is 7. The van der Waals surface area contributed by atoms with Gasteiger partial charge in [-0.15, -0.1) is 5.10 Å². The molecule has 0 bridgehead atoms. The summed E-state index contributed by atoms with van der Waals surface area (Å²) in [5, 5.41) is 11.8. The van der Waals surface area contributed by atoms with Crippen LogP contribution < -0.4 is 9.80 Å². The fourth-order valence-electron chi connectivity index (χ4n) is 3.80. The molecule has 0 atom stereocenters. The van der Waals surface area contributed by atoms with Gasteiger partial charge in [-0.2, -0.15) is 10.3 Å². The minimum absolute atomic E-state index is 0.0298. The molecule has 3 aromatic rings. The number of carbonyl (C=O) groups is 1. The molecule has 5 rings (SSSR count). The fraction of sp³-hybridized carbons (Fsp3) is 0.421. The zero-order chi connectivity index (χ0) is 18.9. The predicted molar refractivity (Wildman–Crippen MR) is 109 cm³/mol. The summed E-state index contributed by atoms with van der Waals surface area (Å²) in [5.41, 5.74) is 2.62. The number of anilines is 2. The van der Waals surface area contributed by atoms with E-state index in [1.165, 1.54) is 24.6 Å². The molecule has 28 heavy (non-hydrogen) atoms. The largest absolute Gasteiger partial charge is 0.354 e. The van der Waals surface area contributed by atoms with Gasteiger partial charge >= 0.3 is 0 Å². The van der Waals surface area contributed by atoms with E-state index in [9.17, 15) is 4.79 Å². The predicted octanol–water partition coefficient (Wildman–Crippen LogP) is 2.42. The maximum absolute atomic E-state index is 12.9. The van der Waals surface area contributed by atoms with Gasteiger partial charge in [-0.1, -0.05) is 23.9 Å². The second kappa shape index (κ2) is 7.38. The Morgan fingerprint density at radius 2 is 1.79 bits per heavy atom. The molecule has 8 nitrogen and oxygen atoms in total. The normalized spacial score (nSPS) is 16.6. The number of para-hydroxylation sites is 2. The number of aromatic nitrogens is 5. The Morgan fingerprint density at radius 1 is 1.00 bits per heavy atom. The van der Waals surface area contributed by atoms with Crippen molar-refractivity contribution in [1.82, 2.24) is 25.4 Å². The highest BCUT2D eigenvalue weighted by atomic mass is 32.2. The Labute approximate surface area is 166 Å². The average Bonchev–Trinajstić information content (AvgIpc) is 3.42. The number of aryl methyl sites for hydroxylation is 1. The first-order valence-electron chi connectivity index (χ1n) is 9.64. The molecule has 1 amide bonds. The first-order valence-corrected chi connectivity index (χ1v) is 10.6. The third-order valence-corrected chi connectivity index (χ3v) is 6.15. The van der Waals surface area contributed by atoms with Crippen molar-refractivity contribution < 1.29 is 4.79 Å². The highest BCUT2D eigenvalue weighted by Crippen LogP contribution is 2.32. The standard InChI is InChI=1S/C19H21N7OS/c27-16(26-11-5-8-15-17(26)23-24-22-15)12-28-19-18(25-9-3-4-10-25)20-13-6-1-2-7-14(13)21-19/h1-2,6-7H,3-5,8-12H2,(H,22,23,24). The fourth-order valence-corrected chi connectivity index (χ4v) is 4.68. The molecule has 2 aromatic heterocycles. The second-order valence-corrected chi connectivity index (χ2v) is 8.03. The molecule has 0 radical (unpaired) electrons. The van der Waals surface area contributed by atoms with Crippen molar-refractivity contribution in [2.75, 3.05) is 35.2 Å². The number of thioether (sulfide) groups is 1. The molecule has 2 aliphatic heterocycles. The first-order chi connectivity index (χ1) is 13.8. The van der Waals surface area contributed by atoms with Gasteiger partial charge in [-0.25, -0.2) is 9.97 Å². The maximum Gasteiger partial charge on any atom is 0.238 e. The van der Waals surface area contributed by atoms with E-state index in [0.29, 0.717) is 18.1 Å². The van der Waals surface area contributed by atoms with Gasteiger partial charge in [0, 0.05) is 19.6 Å². The topological polar surface area (TPSA) is 90.9 Å². The van der Waals surface area contributed by atoms with Gasteiger partial charge in [0.05, 0.1) is 16.8 Å². The zero-order valence-corrected chi connectivity index (χ0v) is 16.3. The monoisotopic (exact) mass is 395 g/mol. The third-order valence-electron chi connectivity index (χ3n) is 5.21. The number of amides is 1. The zero-order valence-electron chi connectivity index (χ0n) is 15.5. The molecule has 0 aliphatic carbocycles. The van der Waals surface area contributed by atoms with Crippen LogP contribution in [0.4, 0.5) is 11.6 Å². The van der Waals surface area contributed by atoms with Crippen molar-refractivity contribution in [2.45, 2.75) is 30.7 Å². The van der Waals surface area contributed by atoms with Crippen LogP contribution in [-0.4, -0.2) is 56.7 Å². The molecule has 1 aromatic carbocycles. The van der Waals surface area contributed by atoms with Crippen molar-refractivity contribution in [3.05, 3.63) is 30.0 Å². The lowest BCUT2D eigenvalue weighted by molar-refractivity contribution is -0.116. The second-order valence-electron chi connectivity index (χ2n) is 7.07. The highest BCUT2D eigenvalue weighted by molar-refractivity contribution is 8.00. The Kier molecular flexibility index (Phi) is 4.59. The third kappa shape index (κ3) is 3.19. The van der Waals surface area contributed by atoms with E-state index >= 15 is 0 Å². The van der Waals surface area contributed by atoms with E-state index in [0.717, 1.165) is 53.5 Å². The molecule has 1 fully saturated rings. The average molecular weight is 395 g/mol. The van der Waals surface area contributed by atoms with Crippen LogP contribution in [0.5, 0.6) is 0 Å². The minimum Gasteiger partial charge on any atom is -0.354 e. The number of carbonyl (C=O) groups excluding carboxylic acids is 1. The van der Waals surface area contributed by atoms with Crippen LogP contribution in [0.25, 0.3) is 11.0 Å². The molecular weight excluding hydrogens is 374 g/mol. The number of hydrogen-bond donors (Lipinski definition) is 1. The van der Waals surface area contributed by atoms with E-state index < -0.39 is 0 Å². The molecule has 1 N–H and O–H groups in total. The van der Waals surface area contributed by atoms with Crippen molar-refractivity contribution in [3.63, 3.8) is 0 Å². The molecule has 144 valence electrons. The Bertz CT molecular complexity index is 1010. The number of nitrogens with one attached hydrogen (secondary N) is 1. The van der Waals surface area contributed by atoms with E-state index in [2.05, 4.69) is 20.3 Å². The Balaban J connectivity index is 1.40. The quantitative estimate of drug-likeness (QED) is 0.678. The summed E-state index contributed by atoms with van der Waals surface area (Å²) in [6.45, 7) is 2.66.